The molecule has 0 aromatic heterocycles. The fraction of sp³-hybridized carbons (Fsp3) is 0.0714. The molecule has 0 atom stereocenters. The van der Waals surface area contributed by atoms with Gasteiger partial charge in [0.05, 0.1) is 9.95 Å². The molecule has 0 radical (unpaired) electrons. The minimum absolute atomic E-state index is 0.0542. The molecule has 0 fully saturated rings. The number of carbonyl (C=O) groups excluding carboxylic acids is 1. The van der Waals surface area contributed by atoms with E-state index in [1.54, 1.807) is 25.1 Å². The van der Waals surface area contributed by atoms with Gasteiger partial charge in [0, 0.05) is 28.3 Å². The maximum atomic E-state index is 12.4. The van der Waals surface area contributed by atoms with Crippen LogP contribution in [0, 0.1) is 17.0 Å². The first-order valence-electron chi connectivity index (χ1n) is 5.65. The Balaban J connectivity index is 2.46. The number of nitro groups is 1. The van der Waals surface area contributed by atoms with Gasteiger partial charge < -0.3 is 0 Å². The van der Waals surface area contributed by atoms with Crippen LogP contribution in [0.25, 0.3) is 0 Å². The van der Waals surface area contributed by atoms with Gasteiger partial charge in [-0.15, -0.1) is 0 Å². The quantitative estimate of drug-likeness (QED) is 0.478. The Bertz CT molecular complexity index is 714. The average Bonchev–Trinajstić information content (AvgIpc) is 2.37. The van der Waals surface area contributed by atoms with Crippen LogP contribution >= 0.6 is 23.2 Å². The maximum absolute atomic E-state index is 12.4. The summed E-state index contributed by atoms with van der Waals surface area (Å²) in [6.45, 7) is 1.76. The van der Waals surface area contributed by atoms with Gasteiger partial charge in [0.1, 0.15) is 0 Å². The van der Waals surface area contributed by atoms with E-state index in [0.29, 0.717) is 10.6 Å². The van der Waals surface area contributed by atoms with Crippen molar-refractivity contribution in [3.8, 4) is 0 Å². The summed E-state index contributed by atoms with van der Waals surface area (Å²) in [5.74, 6) is -0.293. The predicted octanol–water partition coefficient (Wildman–Crippen LogP) is 4.44. The molecule has 2 aromatic carbocycles. The highest BCUT2D eigenvalue weighted by Crippen LogP contribution is 2.26. The number of ketones is 1. The Labute approximate surface area is 125 Å². The third-order valence-corrected chi connectivity index (χ3v) is 3.39. The van der Waals surface area contributed by atoms with Crippen molar-refractivity contribution < 1.29 is 9.72 Å². The molecule has 0 amide bonds. The van der Waals surface area contributed by atoms with E-state index in [0.717, 1.165) is 5.56 Å². The first-order chi connectivity index (χ1) is 9.40. The highest BCUT2D eigenvalue weighted by molar-refractivity contribution is 6.35. The largest absolute Gasteiger partial charge is 0.289 e. The molecule has 6 heteroatoms. The van der Waals surface area contributed by atoms with Crippen LogP contribution in [0.2, 0.25) is 10.0 Å². The fourth-order valence-electron chi connectivity index (χ4n) is 1.83. The zero-order valence-corrected chi connectivity index (χ0v) is 11.9. The number of benzene rings is 2. The van der Waals surface area contributed by atoms with Crippen molar-refractivity contribution in [2.75, 3.05) is 0 Å². The molecule has 0 bridgehead atoms. The summed E-state index contributed by atoms with van der Waals surface area (Å²) >= 11 is 11.8. The highest BCUT2D eigenvalue weighted by atomic mass is 35.5. The summed E-state index contributed by atoms with van der Waals surface area (Å²) in [4.78, 5) is 22.5. The number of nitrogens with zero attached hydrogens (tertiary/aromatic N) is 1. The van der Waals surface area contributed by atoms with Crippen molar-refractivity contribution in [2.24, 2.45) is 0 Å². The molecular weight excluding hydrogens is 301 g/mol. The van der Waals surface area contributed by atoms with Gasteiger partial charge in [0.25, 0.3) is 5.69 Å². The van der Waals surface area contributed by atoms with Crippen molar-refractivity contribution in [2.45, 2.75) is 6.92 Å². The number of halogens is 2. The van der Waals surface area contributed by atoms with E-state index in [-0.39, 0.29) is 22.1 Å². The number of rotatable bonds is 3. The molecular formula is C14H9Cl2NO3. The van der Waals surface area contributed by atoms with Crippen LogP contribution in [0.4, 0.5) is 5.69 Å². The highest BCUT2D eigenvalue weighted by Gasteiger charge is 2.17. The third kappa shape index (κ3) is 2.81. The van der Waals surface area contributed by atoms with Crippen molar-refractivity contribution in [1.29, 1.82) is 0 Å². The maximum Gasteiger partial charge on any atom is 0.270 e. The summed E-state index contributed by atoms with van der Waals surface area (Å²) in [6, 6.07) is 8.67. The fourth-order valence-corrected chi connectivity index (χ4v) is 2.32. The van der Waals surface area contributed by atoms with Crippen LogP contribution in [0.5, 0.6) is 0 Å². The second kappa shape index (κ2) is 5.61. The molecule has 0 spiro atoms. The number of aryl methyl sites for hydroxylation is 1. The summed E-state index contributed by atoms with van der Waals surface area (Å²) in [6.07, 6.45) is 0. The van der Waals surface area contributed by atoms with Crippen LogP contribution in [0.15, 0.2) is 36.4 Å². The lowest BCUT2D eigenvalue weighted by molar-refractivity contribution is -0.384. The van der Waals surface area contributed by atoms with E-state index in [1.807, 2.05) is 0 Å². The summed E-state index contributed by atoms with van der Waals surface area (Å²) < 4.78 is 0. The summed E-state index contributed by atoms with van der Waals surface area (Å²) in [7, 11) is 0. The van der Waals surface area contributed by atoms with Crippen LogP contribution in [-0.2, 0) is 0 Å². The molecule has 4 nitrogen and oxygen atoms in total. The van der Waals surface area contributed by atoms with Gasteiger partial charge in [0.2, 0.25) is 0 Å². The normalized spacial score (nSPS) is 10.3. The number of hydrogen-bond acceptors (Lipinski definition) is 3. The molecule has 0 aliphatic heterocycles. The van der Waals surface area contributed by atoms with E-state index in [9.17, 15) is 14.9 Å². The van der Waals surface area contributed by atoms with Crippen LogP contribution in [0.1, 0.15) is 21.5 Å². The van der Waals surface area contributed by atoms with Gasteiger partial charge in [-0.25, -0.2) is 0 Å². The molecule has 0 aliphatic rings. The van der Waals surface area contributed by atoms with Crippen molar-refractivity contribution in [3.63, 3.8) is 0 Å². The predicted molar refractivity (Wildman–Crippen MR) is 77.7 cm³/mol. The first kappa shape index (κ1) is 14.5. The minimum Gasteiger partial charge on any atom is -0.289 e. The molecule has 0 unspecified atom stereocenters. The zero-order chi connectivity index (χ0) is 14.9. The molecule has 0 N–H and O–H groups in total. The lowest BCUT2D eigenvalue weighted by Gasteiger charge is -2.07. The Kier molecular flexibility index (Phi) is 4.06. The second-order valence-corrected chi connectivity index (χ2v) is 5.05. The Hall–Kier alpha value is -1.91. The number of hydrogen-bond donors (Lipinski definition) is 0. The molecule has 0 saturated heterocycles. The Morgan fingerprint density at radius 3 is 2.30 bits per heavy atom. The molecule has 0 saturated carbocycles. The summed E-state index contributed by atoms with van der Waals surface area (Å²) in [5.41, 5.74) is 1.25. The van der Waals surface area contributed by atoms with Gasteiger partial charge in [-0.05, 0) is 36.8 Å². The number of carbonyl (C=O) groups is 1. The van der Waals surface area contributed by atoms with Gasteiger partial charge in [-0.2, -0.15) is 0 Å². The van der Waals surface area contributed by atoms with E-state index in [2.05, 4.69) is 0 Å². The Morgan fingerprint density at radius 1 is 1.10 bits per heavy atom. The lowest BCUT2D eigenvalue weighted by Crippen LogP contribution is -2.05. The Morgan fingerprint density at radius 2 is 1.75 bits per heavy atom. The van der Waals surface area contributed by atoms with Crippen LogP contribution < -0.4 is 0 Å². The van der Waals surface area contributed by atoms with Crippen LogP contribution in [-0.4, -0.2) is 10.7 Å². The molecule has 2 rings (SSSR count). The van der Waals surface area contributed by atoms with Crippen molar-refractivity contribution in [3.05, 3.63) is 73.2 Å². The van der Waals surface area contributed by atoms with Gasteiger partial charge in [-0.3, -0.25) is 14.9 Å². The first-order valence-corrected chi connectivity index (χ1v) is 6.40. The molecule has 20 heavy (non-hydrogen) atoms. The van der Waals surface area contributed by atoms with E-state index in [1.165, 1.54) is 18.2 Å². The average molecular weight is 310 g/mol. The van der Waals surface area contributed by atoms with Gasteiger partial charge >= 0.3 is 0 Å². The molecule has 2 aromatic rings. The number of nitro benzene ring substituents is 1. The topological polar surface area (TPSA) is 60.2 Å². The molecule has 102 valence electrons. The lowest BCUT2D eigenvalue weighted by atomic mass is 9.99. The number of non-ortho nitro benzene ring substituents is 1. The molecule has 0 aliphatic carbocycles. The van der Waals surface area contributed by atoms with E-state index in [4.69, 9.17) is 23.2 Å². The van der Waals surface area contributed by atoms with Crippen molar-refractivity contribution in [1.82, 2.24) is 0 Å². The SMILES string of the molecule is Cc1cc(Cl)ccc1C(=O)c1ccc([N+](=O)[O-])cc1Cl. The molecule has 0 heterocycles. The van der Waals surface area contributed by atoms with Crippen molar-refractivity contribution >= 4 is 34.7 Å². The zero-order valence-electron chi connectivity index (χ0n) is 10.4. The standard InChI is InChI=1S/C14H9Cl2NO3/c1-8-6-9(15)2-4-11(8)14(18)12-5-3-10(17(19)20)7-13(12)16/h2-7H,1H3. The van der Waals surface area contributed by atoms with Gasteiger partial charge in [-0.1, -0.05) is 23.2 Å². The smallest absolute Gasteiger partial charge is 0.270 e. The minimum atomic E-state index is -0.562. The third-order valence-electron chi connectivity index (χ3n) is 2.84. The monoisotopic (exact) mass is 309 g/mol. The van der Waals surface area contributed by atoms with E-state index >= 15 is 0 Å². The van der Waals surface area contributed by atoms with Crippen LogP contribution in [0.3, 0.4) is 0 Å². The van der Waals surface area contributed by atoms with E-state index < -0.39 is 4.92 Å². The van der Waals surface area contributed by atoms with Gasteiger partial charge in [0.15, 0.2) is 5.78 Å². The summed E-state index contributed by atoms with van der Waals surface area (Å²) in [5, 5.41) is 11.2. The second-order valence-electron chi connectivity index (χ2n) is 4.21.